The van der Waals surface area contributed by atoms with Crippen LogP contribution in [0.15, 0.2) is 24.3 Å². The van der Waals surface area contributed by atoms with Gasteiger partial charge in [0.05, 0.1) is 0 Å². The van der Waals surface area contributed by atoms with Gasteiger partial charge in [-0.15, -0.1) is 0 Å². The normalized spacial score (nSPS) is 19.3. The van der Waals surface area contributed by atoms with Crippen LogP contribution in [-0.4, -0.2) is 31.6 Å². The molecule has 0 radical (unpaired) electrons. The number of nitrogens with zero attached hydrogens (tertiary/aromatic N) is 1. The van der Waals surface area contributed by atoms with Crippen LogP contribution in [0.3, 0.4) is 0 Å². The molecular weight excluding hydrogens is 268 g/mol. The molecular formula is C15H22N4O2. The lowest BCUT2D eigenvalue weighted by Crippen LogP contribution is -2.49. The number of hydrogen-bond donors (Lipinski definition) is 3. The highest BCUT2D eigenvalue weighted by atomic mass is 16.2. The van der Waals surface area contributed by atoms with Crippen LogP contribution in [0.1, 0.15) is 31.4 Å². The van der Waals surface area contributed by atoms with Gasteiger partial charge in [-0.3, -0.25) is 10.1 Å². The molecule has 6 nitrogen and oxygen atoms in total. The van der Waals surface area contributed by atoms with Crippen molar-refractivity contribution in [3.63, 3.8) is 0 Å². The summed E-state index contributed by atoms with van der Waals surface area (Å²) in [5, 5.41) is 5.48. The summed E-state index contributed by atoms with van der Waals surface area (Å²) in [7, 11) is 1.94. The fraction of sp³-hybridized carbons (Fsp3) is 0.467. The minimum atomic E-state index is -0.817. The van der Waals surface area contributed by atoms with Crippen LogP contribution in [0.4, 0.5) is 10.5 Å². The number of rotatable bonds is 3. The number of carbonyl (C=O) groups is 2. The molecule has 0 aromatic heterocycles. The number of imide groups is 1. The number of amides is 3. The SMILES string of the molecule is CNC1CCCN(C(C)C(=O)NC(N)=O)c2ccccc21. The van der Waals surface area contributed by atoms with Crippen molar-refractivity contribution in [1.82, 2.24) is 10.6 Å². The molecule has 0 saturated heterocycles. The molecule has 2 unspecified atom stereocenters. The molecule has 2 atom stereocenters. The highest BCUT2D eigenvalue weighted by Gasteiger charge is 2.28. The standard InChI is InChI=1S/C15H22N4O2/c1-10(14(20)18-15(16)21)19-9-5-7-12(17-2)11-6-3-4-8-13(11)19/h3-4,6,8,10,12,17H,5,7,9H2,1-2H3,(H3,16,18,20,21). The number of benzene rings is 1. The maximum Gasteiger partial charge on any atom is 0.318 e. The Balaban J connectivity index is 2.31. The molecule has 1 aromatic carbocycles. The Kier molecular flexibility index (Phi) is 4.80. The zero-order valence-electron chi connectivity index (χ0n) is 12.4. The molecule has 1 heterocycles. The van der Waals surface area contributed by atoms with E-state index in [4.69, 9.17) is 5.73 Å². The third-order valence-electron chi connectivity index (χ3n) is 3.96. The molecule has 114 valence electrons. The number of urea groups is 1. The van der Waals surface area contributed by atoms with E-state index in [0.29, 0.717) is 0 Å². The molecule has 0 aliphatic carbocycles. The Bertz CT molecular complexity index is 532. The molecule has 3 amide bonds. The summed E-state index contributed by atoms with van der Waals surface area (Å²) in [6, 6.07) is 7.06. The minimum Gasteiger partial charge on any atom is -0.359 e. The minimum absolute atomic E-state index is 0.276. The molecule has 1 aliphatic rings. The van der Waals surface area contributed by atoms with Gasteiger partial charge in [-0.2, -0.15) is 0 Å². The quantitative estimate of drug-likeness (QED) is 0.779. The number of hydrogen-bond acceptors (Lipinski definition) is 4. The van der Waals surface area contributed by atoms with Gasteiger partial charge in [-0.05, 0) is 38.4 Å². The lowest BCUT2D eigenvalue weighted by Gasteiger charge is -2.30. The van der Waals surface area contributed by atoms with Crippen LogP contribution >= 0.6 is 0 Å². The van der Waals surface area contributed by atoms with E-state index in [0.717, 1.165) is 25.1 Å². The summed E-state index contributed by atoms with van der Waals surface area (Å²) in [5.74, 6) is -0.375. The Morgan fingerprint density at radius 3 is 2.76 bits per heavy atom. The van der Waals surface area contributed by atoms with E-state index in [1.807, 2.05) is 30.1 Å². The van der Waals surface area contributed by atoms with Crippen molar-refractivity contribution in [2.45, 2.75) is 31.8 Å². The van der Waals surface area contributed by atoms with E-state index < -0.39 is 12.1 Å². The topological polar surface area (TPSA) is 87.5 Å². The molecule has 4 N–H and O–H groups in total. The van der Waals surface area contributed by atoms with Crippen LogP contribution < -0.4 is 21.3 Å². The predicted octanol–water partition coefficient (Wildman–Crippen LogP) is 1.13. The molecule has 2 rings (SSSR count). The van der Waals surface area contributed by atoms with E-state index in [-0.39, 0.29) is 11.9 Å². The zero-order valence-corrected chi connectivity index (χ0v) is 12.4. The summed E-state index contributed by atoms with van der Waals surface area (Å²) >= 11 is 0. The molecule has 0 fully saturated rings. The molecule has 1 aliphatic heterocycles. The highest BCUT2D eigenvalue weighted by Crippen LogP contribution is 2.33. The monoisotopic (exact) mass is 290 g/mol. The molecule has 6 heteroatoms. The molecule has 0 saturated carbocycles. The van der Waals surface area contributed by atoms with E-state index in [1.165, 1.54) is 5.56 Å². The van der Waals surface area contributed by atoms with Crippen LogP contribution in [0, 0.1) is 0 Å². The number of anilines is 1. The van der Waals surface area contributed by atoms with Gasteiger partial charge in [-0.25, -0.2) is 4.79 Å². The van der Waals surface area contributed by atoms with Gasteiger partial charge in [0.15, 0.2) is 0 Å². The van der Waals surface area contributed by atoms with Gasteiger partial charge >= 0.3 is 6.03 Å². The second kappa shape index (κ2) is 6.58. The van der Waals surface area contributed by atoms with Gasteiger partial charge in [0.2, 0.25) is 5.91 Å². The van der Waals surface area contributed by atoms with Gasteiger partial charge in [0.25, 0.3) is 0 Å². The smallest absolute Gasteiger partial charge is 0.318 e. The van der Waals surface area contributed by atoms with E-state index in [1.54, 1.807) is 6.92 Å². The lowest BCUT2D eigenvalue weighted by atomic mass is 10.0. The maximum absolute atomic E-state index is 12.1. The summed E-state index contributed by atoms with van der Waals surface area (Å²) in [4.78, 5) is 25.0. The first-order valence-electron chi connectivity index (χ1n) is 7.17. The Morgan fingerprint density at radius 2 is 2.10 bits per heavy atom. The van der Waals surface area contributed by atoms with Crippen molar-refractivity contribution >= 4 is 17.6 Å². The van der Waals surface area contributed by atoms with Crippen molar-refractivity contribution in [3.05, 3.63) is 29.8 Å². The summed E-state index contributed by atoms with van der Waals surface area (Å²) in [6.45, 7) is 2.55. The van der Waals surface area contributed by atoms with Crippen LogP contribution in [-0.2, 0) is 4.79 Å². The number of para-hydroxylation sites is 1. The van der Waals surface area contributed by atoms with Crippen LogP contribution in [0.2, 0.25) is 0 Å². The molecule has 0 bridgehead atoms. The van der Waals surface area contributed by atoms with Gasteiger partial charge in [-0.1, -0.05) is 18.2 Å². The first kappa shape index (κ1) is 15.3. The Morgan fingerprint density at radius 1 is 1.38 bits per heavy atom. The average Bonchev–Trinajstić information content (AvgIpc) is 2.65. The van der Waals surface area contributed by atoms with Gasteiger partial charge < -0.3 is 16.0 Å². The van der Waals surface area contributed by atoms with E-state index in [2.05, 4.69) is 16.7 Å². The maximum atomic E-state index is 12.1. The molecule has 21 heavy (non-hydrogen) atoms. The van der Waals surface area contributed by atoms with E-state index in [9.17, 15) is 9.59 Å². The zero-order chi connectivity index (χ0) is 15.4. The summed E-state index contributed by atoms with van der Waals surface area (Å²) in [5.41, 5.74) is 7.24. The molecule has 0 spiro atoms. The Hall–Kier alpha value is -2.08. The Labute approximate surface area is 124 Å². The first-order valence-corrected chi connectivity index (χ1v) is 7.17. The number of primary amides is 1. The molecule has 1 aromatic rings. The van der Waals surface area contributed by atoms with Crippen molar-refractivity contribution in [1.29, 1.82) is 0 Å². The van der Waals surface area contributed by atoms with Gasteiger partial charge in [0, 0.05) is 18.3 Å². The first-order chi connectivity index (χ1) is 10.0. The fourth-order valence-electron chi connectivity index (χ4n) is 2.85. The summed E-state index contributed by atoms with van der Waals surface area (Å²) in [6.07, 6.45) is 1.97. The fourth-order valence-corrected chi connectivity index (χ4v) is 2.85. The highest BCUT2D eigenvalue weighted by molar-refractivity contribution is 5.97. The van der Waals surface area contributed by atoms with E-state index >= 15 is 0 Å². The number of nitrogens with two attached hydrogens (primary N) is 1. The second-order valence-corrected chi connectivity index (χ2v) is 5.27. The number of carbonyl (C=O) groups excluding carboxylic acids is 2. The lowest BCUT2D eigenvalue weighted by molar-refractivity contribution is -0.120. The van der Waals surface area contributed by atoms with Crippen LogP contribution in [0.5, 0.6) is 0 Å². The average molecular weight is 290 g/mol. The van der Waals surface area contributed by atoms with Crippen LogP contribution in [0.25, 0.3) is 0 Å². The van der Waals surface area contributed by atoms with Crippen molar-refractivity contribution in [2.24, 2.45) is 5.73 Å². The van der Waals surface area contributed by atoms with Crippen molar-refractivity contribution < 1.29 is 9.59 Å². The second-order valence-electron chi connectivity index (χ2n) is 5.27. The number of fused-ring (bicyclic) bond motifs is 1. The largest absolute Gasteiger partial charge is 0.359 e. The third kappa shape index (κ3) is 3.33. The van der Waals surface area contributed by atoms with Crippen molar-refractivity contribution in [3.8, 4) is 0 Å². The van der Waals surface area contributed by atoms with Gasteiger partial charge in [0.1, 0.15) is 6.04 Å². The van der Waals surface area contributed by atoms with Crippen molar-refractivity contribution in [2.75, 3.05) is 18.5 Å². The summed E-state index contributed by atoms with van der Waals surface area (Å²) < 4.78 is 0. The third-order valence-corrected chi connectivity index (χ3v) is 3.96. The predicted molar refractivity (Wildman–Crippen MR) is 82.0 cm³/mol. The number of nitrogens with one attached hydrogen (secondary N) is 2.